The van der Waals surface area contributed by atoms with Crippen LogP contribution in [-0.2, 0) is 14.3 Å². The maximum absolute atomic E-state index is 13.2. The van der Waals surface area contributed by atoms with E-state index in [0.717, 1.165) is 77.0 Å². The second kappa shape index (κ2) is 47.9. The van der Waals surface area contributed by atoms with Crippen LogP contribution in [0.1, 0.15) is 258 Å². The number of nitrogens with one attached hydrogen (secondary N) is 1. The van der Waals surface area contributed by atoms with Gasteiger partial charge in [0.25, 0.3) is 0 Å². The van der Waals surface area contributed by atoms with Gasteiger partial charge in [-0.15, -0.1) is 0 Å². The number of aliphatic hydroxyl groups is 2. The molecule has 60 heavy (non-hydrogen) atoms. The molecule has 6 heteroatoms. The molecular weight excluding hydrogens is 743 g/mol. The Balaban J connectivity index is 4.61. The molecule has 0 heterocycles. The zero-order valence-electron chi connectivity index (χ0n) is 39.8. The molecule has 3 N–H and O–H groups in total. The average Bonchev–Trinajstić information content (AvgIpc) is 3.24. The zero-order chi connectivity index (χ0) is 43.8. The van der Waals surface area contributed by atoms with Crippen LogP contribution in [0.25, 0.3) is 0 Å². The predicted octanol–water partition coefficient (Wildman–Crippen LogP) is 15.5. The second-order valence-electron chi connectivity index (χ2n) is 17.6. The molecule has 3 atom stereocenters. The predicted molar refractivity (Wildman–Crippen MR) is 259 cm³/mol. The molecule has 0 aromatic rings. The highest BCUT2D eigenvalue weighted by atomic mass is 16.5. The summed E-state index contributed by atoms with van der Waals surface area (Å²) in [7, 11) is 0. The molecule has 0 aromatic heterocycles. The summed E-state index contributed by atoms with van der Waals surface area (Å²) in [5.74, 6) is -0.492. The average molecular weight is 842 g/mol. The van der Waals surface area contributed by atoms with E-state index < -0.39 is 18.2 Å². The number of esters is 1. The Hall–Kier alpha value is -2.18. The number of carbonyl (C=O) groups is 2. The minimum absolute atomic E-state index is 0.0703. The smallest absolute Gasteiger partial charge is 0.306 e. The summed E-state index contributed by atoms with van der Waals surface area (Å²) in [6.07, 6.45) is 57.4. The minimum Gasteiger partial charge on any atom is -0.462 e. The molecule has 3 unspecified atom stereocenters. The number of unbranched alkanes of at least 4 members (excludes halogenated alkanes) is 29. The van der Waals surface area contributed by atoms with Crippen molar-refractivity contribution in [2.24, 2.45) is 0 Å². The number of rotatable bonds is 46. The highest BCUT2D eigenvalue weighted by Gasteiger charge is 2.24. The molecule has 0 fully saturated rings. The molecule has 1 amide bonds. The number of allylic oxidation sites excluding steroid dienone is 8. The molecule has 0 aromatic carbocycles. The van der Waals surface area contributed by atoms with E-state index in [2.05, 4.69) is 56.5 Å². The normalized spacial score (nSPS) is 13.6. The molecule has 0 saturated carbocycles. The summed E-state index contributed by atoms with van der Waals surface area (Å²) in [5.41, 5.74) is 0. The molecule has 6 nitrogen and oxygen atoms in total. The molecular formula is C54H99NO5. The molecule has 0 spiro atoms. The van der Waals surface area contributed by atoms with Crippen molar-refractivity contribution in [2.45, 2.75) is 277 Å². The number of hydrogen-bond acceptors (Lipinski definition) is 5. The SMILES string of the molecule is CC/C=C/C=C/C=C/C=C\CCCCCCCC(=O)OC(CCCCCCCCCCCCCCCC)CC(=O)NC(CO)C(O)CCCCCCCCCCCCCC. The van der Waals surface area contributed by atoms with E-state index in [0.29, 0.717) is 19.3 Å². The molecule has 0 aliphatic rings. The first-order chi connectivity index (χ1) is 29.5. The monoisotopic (exact) mass is 842 g/mol. The third-order valence-corrected chi connectivity index (χ3v) is 11.8. The van der Waals surface area contributed by atoms with Crippen LogP contribution in [0.3, 0.4) is 0 Å². The zero-order valence-corrected chi connectivity index (χ0v) is 39.8. The van der Waals surface area contributed by atoms with Crippen molar-refractivity contribution in [1.29, 1.82) is 0 Å². The van der Waals surface area contributed by atoms with E-state index in [4.69, 9.17) is 4.74 Å². The number of aliphatic hydroxyl groups excluding tert-OH is 2. The standard InChI is InChI=1S/C54H99NO5/c1-4-7-10-13-16-19-22-25-27-29-32-35-38-41-44-47-54(59)60-50(45-42-39-36-33-30-28-26-23-20-17-14-11-8-5-2)48-53(58)55-51(49-56)52(57)46-43-40-37-34-31-24-21-18-15-12-9-6-3/h7,10,13,16,19,22,25,27,50-52,56-57H,4-6,8-9,11-12,14-15,17-18,20-21,23-24,26,28-49H2,1-3H3,(H,55,58)/b10-7+,16-13+,22-19+,27-25-. The maximum Gasteiger partial charge on any atom is 0.306 e. The molecule has 0 radical (unpaired) electrons. The van der Waals surface area contributed by atoms with Gasteiger partial charge in [0.15, 0.2) is 0 Å². The van der Waals surface area contributed by atoms with Crippen LogP contribution in [0.5, 0.6) is 0 Å². The van der Waals surface area contributed by atoms with E-state index in [9.17, 15) is 19.8 Å². The fourth-order valence-corrected chi connectivity index (χ4v) is 7.85. The van der Waals surface area contributed by atoms with Crippen LogP contribution < -0.4 is 5.32 Å². The largest absolute Gasteiger partial charge is 0.462 e. The summed E-state index contributed by atoms with van der Waals surface area (Å²) in [4.78, 5) is 26.1. The third kappa shape index (κ3) is 42.5. The van der Waals surface area contributed by atoms with Crippen LogP contribution >= 0.6 is 0 Å². The van der Waals surface area contributed by atoms with Crippen molar-refractivity contribution in [1.82, 2.24) is 5.32 Å². The Morgan fingerprint density at radius 1 is 0.500 bits per heavy atom. The summed E-state index contributed by atoms with van der Waals surface area (Å²) in [6, 6.07) is -0.704. The summed E-state index contributed by atoms with van der Waals surface area (Å²) < 4.78 is 5.93. The van der Waals surface area contributed by atoms with Gasteiger partial charge < -0.3 is 20.3 Å². The van der Waals surface area contributed by atoms with E-state index in [1.807, 2.05) is 18.2 Å². The Kier molecular flexibility index (Phi) is 46.1. The minimum atomic E-state index is -0.790. The quantitative estimate of drug-likeness (QED) is 0.0322. The van der Waals surface area contributed by atoms with Crippen molar-refractivity contribution >= 4 is 11.9 Å². The van der Waals surface area contributed by atoms with Crippen molar-refractivity contribution in [2.75, 3.05) is 6.61 Å². The van der Waals surface area contributed by atoms with Crippen molar-refractivity contribution in [3.05, 3.63) is 48.6 Å². The lowest BCUT2D eigenvalue weighted by atomic mass is 10.0. The van der Waals surface area contributed by atoms with Crippen molar-refractivity contribution in [3.63, 3.8) is 0 Å². The topological polar surface area (TPSA) is 95.9 Å². The Bertz CT molecular complexity index is 1040. The first kappa shape index (κ1) is 57.8. The van der Waals surface area contributed by atoms with Gasteiger partial charge in [-0.3, -0.25) is 9.59 Å². The van der Waals surface area contributed by atoms with Gasteiger partial charge in [-0.25, -0.2) is 0 Å². The van der Waals surface area contributed by atoms with E-state index in [1.54, 1.807) is 0 Å². The van der Waals surface area contributed by atoms with Gasteiger partial charge in [-0.1, -0.05) is 249 Å². The molecule has 350 valence electrons. The Labute approximate surface area is 372 Å². The number of ether oxygens (including phenoxy) is 1. The van der Waals surface area contributed by atoms with Gasteiger partial charge in [-0.05, 0) is 44.9 Å². The van der Waals surface area contributed by atoms with E-state index >= 15 is 0 Å². The van der Waals surface area contributed by atoms with Gasteiger partial charge in [0.1, 0.15) is 6.10 Å². The lowest BCUT2D eigenvalue weighted by Gasteiger charge is -2.24. The number of amides is 1. The molecule has 0 bridgehead atoms. The molecule has 0 saturated heterocycles. The highest BCUT2D eigenvalue weighted by molar-refractivity contribution is 5.77. The van der Waals surface area contributed by atoms with E-state index in [1.165, 1.54) is 135 Å². The third-order valence-electron chi connectivity index (χ3n) is 11.8. The van der Waals surface area contributed by atoms with Crippen molar-refractivity contribution in [3.8, 4) is 0 Å². The van der Waals surface area contributed by atoms with Crippen LogP contribution in [0, 0.1) is 0 Å². The van der Waals surface area contributed by atoms with Crippen molar-refractivity contribution < 1.29 is 24.5 Å². The number of carbonyl (C=O) groups excluding carboxylic acids is 2. The summed E-state index contributed by atoms with van der Waals surface area (Å²) in [6.45, 7) is 6.35. The number of hydrogen-bond donors (Lipinski definition) is 3. The summed E-state index contributed by atoms with van der Waals surface area (Å²) >= 11 is 0. The summed E-state index contributed by atoms with van der Waals surface area (Å²) in [5, 5.41) is 23.8. The lowest BCUT2D eigenvalue weighted by Crippen LogP contribution is -2.46. The first-order valence-electron chi connectivity index (χ1n) is 25.9. The molecule has 0 aliphatic carbocycles. The van der Waals surface area contributed by atoms with Crippen LogP contribution in [-0.4, -0.2) is 46.9 Å². The molecule has 0 rings (SSSR count). The Morgan fingerprint density at radius 2 is 0.900 bits per heavy atom. The fraction of sp³-hybridized carbons (Fsp3) is 0.815. The highest BCUT2D eigenvalue weighted by Crippen LogP contribution is 2.18. The fourth-order valence-electron chi connectivity index (χ4n) is 7.85. The van der Waals surface area contributed by atoms with Gasteiger partial charge in [0, 0.05) is 6.42 Å². The van der Waals surface area contributed by atoms with Gasteiger partial charge in [-0.2, -0.15) is 0 Å². The van der Waals surface area contributed by atoms with E-state index in [-0.39, 0.29) is 24.9 Å². The van der Waals surface area contributed by atoms with Crippen LogP contribution in [0.4, 0.5) is 0 Å². The van der Waals surface area contributed by atoms with Crippen LogP contribution in [0.15, 0.2) is 48.6 Å². The lowest BCUT2D eigenvalue weighted by molar-refractivity contribution is -0.151. The van der Waals surface area contributed by atoms with Crippen LogP contribution in [0.2, 0.25) is 0 Å². The second-order valence-corrected chi connectivity index (χ2v) is 17.6. The van der Waals surface area contributed by atoms with Gasteiger partial charge in [0.05, 0.1) is 25.2 Å². The maximum atomic E-state index is 13.2. The Morgan fingerprint density at radius 3 is 1.37 bits per heavy atom. The first-order valence-corrected chi connectivity index (χ1v) is 25.9. The van der Waals surface area contributed by atoms with Gasteiger partial charge in [0.2, 0.25) is 5.91 Å². The molecule has 0 aliphatic heterocycles. The van der Waals surface area contributed by atoms with Gasteiger partial charge >= 0.3 is 5.97 Å².